The van der Waals surface area contributed by atoms with Crippen LogP contribution in [0.3, 0.4) is 0 Å². The highest BCUT2D eigenvalue weighted by molar-refractivity contribution is 9.10. The van der Waals surface area contributed by atoms with E-state index >= 15 is 0 Å². The lowest BCUT2D eigenvalue weighted by molar-refractivity contribution is 0.619. The zero-order valence-corrected chi connectivity index (χ0v) is 12.3. The van der Waals surface area contributed by atoms with Crippen molar-refractivity contribution >= 4 is 33.4 Å². The summed E-state index contributed by atoms with van der Waals surface area (Å²) in [6.45, 7) is 4.58. The van der Waals surface area contributed by atoms with Gasteiger partial charge in [0.15, 0.2) is 11.6 Å². The van der Waals surface area contributed by atoms with Crippen molar-refractivity contribution in [2.45, 2.75) is 13.8 Å². The van der Waals surface area contributed by atoms with Gasteiger partial charge < -0.3 is 10.6 Å². The second-order valence-corrected chi connectivity index (χ2v) is 4.77. The van der Waals surface area contributed by atoms with Crippen LogP contribution in [0.25, 0.3) is 0 Å². The fourth-order valence-corrected chi connectivity index (χ4v) is 1.93. The van der Waals surface area contributed by atoms with E-state index in [1.807, 2.05) is 32.0 Å². The molecule has 0 unspecified atom stereocenters. The Bertz CT molecular complexity index is 589. The Morgan fingerprint density at radius 1 is 1.37 bits per heavy atom. The van der Waals surface area contributed by atoms with Gasteiger partial charge in [-0.25, -0.2) is 9.37 Å². The van der Waals surface area contributed by atoms with Crippen molar-refractivity contribution < 1.29 is 4.39 Å². The molecule has 2 aromatic rings. The minimum absolute atomic E-state index is 0.150. The van der Waals surface area contributed by atoms with E-state index in [-0.39, 0.29) is 5.82 Å². The van der Waals surface area contributed by atoms with E-state index in [1.54, 1.807) is 0 Å². The van der Waals surface area contributed by atoms with E-state index in [4.69, 9.17) is 0 Å². The third-order valence-corrected chi connectivity index (χ3v) is 3.58. The molecule has 0 atom stereocenters. The maximum atomic E-state index is 13.7. The van der Waals surface area contributed by atoms with Crippen molar-refractivity contribution in [2.75, 3.05) is 17.2 Å². The highest BCUT2D eigenvalue weighted by atomic mass is 79.9. The van der Waals surface area contributed by atoms with Crippen LogP contribution in [0.1, 0.15) is 12.5 Å². The van der Waals surface area contributed by atoms with Crippen LogP contribution in [0, 0.1) is 12.7 Å². The molecule has 4 nitrogen and oxygen atoms in total. The molecule has 2 N–H and O–H groups in total. The molecule has 0 spiro atoms. The van der Waals surface area contributed by atoms with Gasteiger partial charge in [-0.1, -0.05) is 12.1 Å². The van der Waals surface area contributed by atoms with Gasteiger partial charge in [0.05, 0.1) is 11.9 Å². The molecule has 0 amide bonds. The zero-order valence-electron chi connectivity index (χ0n) is 10.7. The first-order valence-electron chi connectivity index (χ1n) is 5.90. The molecular formula is C13H14BrFN4. The second kappa shape index (κ2) is 5.97. The lowest BCUT2D eigenvalue weighted by Gasteiger charge is -2.11. The smallest absolute Gasteiger partial charge is 0.224 e. The lowest BCUT2D eigenvalue weighted by atomic mass is 10.2. The molecule has 0 saturated heterocycles. The zero-order chi connectivity index (χ0) is 13.8. The van der Waals surface area contributed by atoms with Gasteiger partial charge in [0.1, 0.15) is 0 Å². The molecule has 0 aliphatic rings. The second-order valence-electron chi connectivity index (χ2n) is 3.98. The van der Waals surface area contributed by atoms with Crippen LogP contribution in [0.4, 0.5) is 21.8 Å². The van der Waals surface area contributed by atoms with Crippen molar-refractivity contribution in [1.29, 1.82) is 0 Å². The van der Waals surface area contributed by atoms with Gasteiger partial charge in [-0.05, 0) is 41.4 Å². The van der Waals surface area contributed by atoms with Crippen LogP contribution in [-0.2, 0) is 0 Å². The summed E-state index contributed by atoms with van der Waals surface area (Å²) in [4.78, 5) is 7.96. The van der Waals surface area contributed by atoms with Gasteiger partial charge in [-0.15, -0.1) is 0 Å². The summed E-state index contributed by atoms with van der Waals surface area (Å²) in [5.41, 5.74) is 1.83. The van der Waals surface area contributed by atoms with Gasteiger partial charge in [0.25, 0.3) is 0 Å². The van der Waals surface area contributed by atoms with Gasteiger partial charge in [-0.2, -0.15) is 4.98 Å². The first-order chi connectivity index (χ1) is 9.11. The van der Waals surface area contributed by atoms with Gasteiger partial charge in [0, 0.05) is 11.0 Å². The van der Waals surface area contributed by atoms with Crippen LogP contribution in [-0.4, -0.2) is 16.5 Å². The number of benzene rings is 1. The van der Waals surface area contributed by atoms with Gasteiger partial charge >= 0.3 is 0 Å². The number of aromatic nitrogens is 2. The maximum absolute atomic E-state index is 13.7. The van der Waals surface area contributed by atoms with E-state index < -0.39 is 5.82 Å². The standard InChI is InChI=1S/C13H14BrFN4/c1-3-16-13-17-7-9(15)12(19-13)18-10-6-4-5-8(2)11(10)14/h4-7H,3H2,1-2H3,(H2,16,17,18,19). The minimum Gasteiger partial charge on any atom is -0.354 e. The van der Waals surface area contributed by atoms with E-state index in [1.165, 1.54) is 0 Å². The van der Waals surface area contributed by atoms with Crippen molar-refractivity contribution in [2.24, 2.45) is 0 Å². The summed E-state index contributed by atoms with van der Waals surface area (Å²) in [6.07, 6.45) is 1.15. The minimum atomic E-state index is -0.491. The van der Waals surface area contributed by atoms with Crippen molar-refractivity contribution in [1.82, 2.24) is 9.97 Å². The third kappa shape index (κ3) is 3.20. The number of rotatable bonds is 4. The van der Waals surface area contributed by atoms with Crippen LogP contribution in [0.2, 0.25) is 0 Å². The summed E-state index contributed by atoms with van der Waals surface area (Å²) >= 11 is 3.47. The lowest BCUT2D eigenvalue weighted by Crippen LogP contribution is -2.06. The molecule has 100 valence electrons. The Morgan fingerprint density at radius 3 is 2.89 bits per heavy atom. The summed E-state index contributed by atoms with van der Waals surface area (Å²) in [6, 6.07) is 5.72. The topological polar surface area (TPSA) is 49.8 Å². The third-order valence-electron chi connectivity index (χ3n) is 2.52. The largest absolute Gasteiger partial charge is 0.354 e. The summed E-state index contributed by atoms with van der Waals surface area (Å²) in [5, 5.41) is 5.91. The maximum Gasteiger partial charge on any atom is 0.224 e. The highest BCUT2D eigenvalue weighted by Gasteiger charge is 2.09. The molecule has 1 aromatic carbocycles. The van der Waals surface area contributed by atoms with Gasteiger partial charge in [-0.3, -0.25) is 0 Å². The molecule has 0 saturated carbocycles. The Labute approximate surface area is 119 Å². The summed E-state index contributed by atoms with van der Waals surface area (Å²) in [5.74, 6) is 0.0579. The van der Waals surface area contributed by atoms with E-state index in [0.29, 0.717) is 12.5 Å². The van der Waals surface area contributed by atoms with Crippen LogP contribution < -0.4 is 10.6 Å². The summed E-state index contributed by atoms with van der Waals surface area (Å²) in [7, 11) is 0. The Morgan fingerprint density at radius 2 is 2.16 bits per heavy atom. The van der Waals surface area contributed by atoms with E-state index in [2.05, 4.69) is 36.5 Å². The predicted octanol–water partition coefficient (Wildman–Crippen LogP) is 3.86. The fraction of sp³-hybridized carbons (Fsp3) is 0.231. The van der Waals surface area contributed by atoms with Gasteiger partial charge in [0.2, 0.25) is 5.95 Å². The molecule has 0 radical (unpaired) electrons. The highest BCUT2D eigenvalue weighted by Crippen LogP contribution is 2.28. The average Bonchev–Trinajstić information content (AvgIpc) is 2.39. The molecule has 6 heteroatoms. The molecule has 0 fully saturated rings. The SMILES string of the molecule is CCNc1ncc(F)c(Nc2cccc(C)c2Br)n1. The number of hydrogen-bond donors (Lipinski definition) is 2. The first kappa shape index (κ1) is 13.7. The van der Waals surface area contributed by atoms with Crippen LogP contribution in [0.15, 0.2) is 28.9 Å². The molecule has 0 aliphatic heterocycles. The molecule has 0 bridgehead atoms. The number of nitrogens with zero attached hydrogens (tertiary/aromatic N) is 2. The average molecular weight is 325 g/mol. The molecule has 1 heterocycles. The fourth-order valence-electron chi connectivity index (χ4n) is 1.57. The van der Waals surface area contributed by atoms with Crippen molar-refractivity contribution in [3.8, 4) is 0 Å². The Kier molecular flexibility index (Phi) is 4.31. The number of nitrogens with one attached hydrogen (secondary N) is 2. The monoisotopic (exact) mass is 324 g/mol. The Hall–Kier alpha value is -1.69. The van der Waals surface area contributed by atoms with E-state index in [0.717, 1.165) is 21.9 Å². The van der Waals surface area contributed by atoms with Crippen molar-refractivity contribution in [3.63, 3.8) is 0 Å². The van der Waals surface area contributed by atoms with E-state index in [9.17, 15) is 4.39 Å². The van der Waals surface area contributed by atoms with Crippen LogP contribution in [0.5, 0.6) is 0 Å². The molecule has 1 aromatic heterocycles. The normalized spacial score (nSPS) is 10.3. The van der Waals surface area contributed by atoms with Crippen molar-refractivity contribution in [3.05, 3.63) is 40.2 Å². The number of hydrogen-bond acceptors (Lipinski definition) is 4. The number of aryl methyl sites for hydroxylation is 1. The molecule has 19 heavy (non-hydrogen) atoms. The predicted molar refractivity (Wildman–Crippen MR) is 78.3 cm³/mol. The molecule has 2 rings (SSSR count). The molecular weight excluding hydrogens is 311 g/mol. The quantitative estimate of drug-likeness (QED) is 0.896. The Balaban J connectivity index is 2.32. The number of anilines is 3. The van der Waals surface area contributed by atoms with Crippen LogP contribution >= 0.6 is 15.9 Å². The first-order valence-corrected chi connectivity index (χ1v) is 6.69. The molecule has 0 aliphatic carbocycles. The number of halogens is 2. The summed E-state index contributed by atoms with van der Waals surface area (Å²) < 4.78 is 14.6.